The summed E-state index contributed by atoms with van der Waals surface area (Å²) in [6, 6.07) is 23.6. The van der Waals surface area contributed by atoms with Crippen LogP contribution >= 0.6 is 11.6 Å². The fourth-order valence-electron chi connectivity index (χ4n) is 3.62. The van der Waals surface area contributed by atoms with Crippen LogP contribution in [-0.4, -0.2) is 19.0 Å². The van der Waals surface area contributed by atoms with E-state index in [1.165, 1.54) is 0 Å². The SMILES string of the molecule is O=C(Nc1cccc(OCc2ccc(-c3cccc(Cl)c3)cc2)c1)C1CCNCC1. The van der Waals surface area contributed by atoms with Gasteiger partial charge < -0.3 is 15.4 Å². The number of carbonyl (C=O) groups is 1. The quantitative estimate of drug-likeness (QED) is 0.551. The number of carbonyl (C=O) groups excluding carboxylic acids is 1. The first-order valence-corrected chi connectivity index (χ1v) is 10.6. The zero-order valence-electron chi connectivity index (χ0n) is 16.7. The standard InChI is InChI=1S/C25H25ClN2O2/c26-22-4-1-3-21(15-22)19-9-7-18(8-10-19)17-30-24-6-2-5-23(16-24)28-25(29)20-11-13-27-14-12-20/h1-10,15-16,20,27H,11-14,17H2,(H,28,29). The van der Waals surface area contributed by atoms with E-state index in [1.54, 1.807) is 0 Å². The smallest absolute Gasteiger partial charge is 0.227 e. The summed E-state index contributed by atoms with van der Waals surface area (Å²) in [5, 5.41) is 7.04. The Balaban J connectivity index is 1.34. The monoisotopic (exact) mass is 420 g/mol. The van der Waals surface area contributed by atoms with Crippen LogP contribution in [0.15, 0.2) is 72.8 Å². The van der Waals surface area contributed by atoms with Gasteiger partial charge in [0.1, 0.15) is 12.4 Å². The number of rotatable bonds is 6. The average Bonchev–Trinajstić information content (AvgIpc) is 2.79. The van der Waals surface area contributed by atoms with Crippen LogP contribution in [-0.2, 0) is 11.4 Å². The van der Waals surface area contributed by atoms with Gasteiger partial charge in [-0.05, 0) is 66.9 Å². The number of halogens is 1. The molecule has 0 unspecified atom stereocenters. The highest BCUT2D eigenvalue weighted by molar-refractivity contribution is 6.30. The van der Waals surface area contributed by atoms with Crippen LogP contribution in [0.5, 0.6) is 5.75 Å². The molecule has 0 saturated carbocycles. The van der Waals surface area contributed by atoms with E-state index in [-0.39, 0.29) is 11.8 Å². The van der Waals surface area contributed by atoms with Crippen LogP contribution in [0, 0.1) is 5.92 Å². The van der Waals surface area contributed by atoms with Crippen molar-refractivity contribution >= 4 is 23.2 Å². The molecule has 4 rings (SSSR count). The first kappa shape index (κ1) is 20.5. The molecule has 5 heteroatoms. The minimum absolute atomic E-state index is 0.0776. The van der Waals surface area contributed by atoms with Crippen molar-refractivity contribution in [2.24, 2.45) is 5.92 Å². The Morgan fingerprint density at radius 2 is 1.73 bits per heavy atom. The first-order valence-electron chi connectivity index (χ1n) is 10.3. The van der Waals surface area contributed by atoms with Gasteiger partial charge in [-0.1, -0.05) is 54.1 Å². The molecule has 0 spiro atoms. The van der Waals surface area contributed by atoms with Gasteiger partial charge in [0, 0.05) is 22.7 Å². The van der Waals surface area contributed by atoms with E-state index < -0.39 is 0 Å². The average molecular weight is 421 g/mol. The van der Waals surface area contributed by atoms with Crippen molar-refractivity contribution in [1.82, 2.24) is 5.32 Å². The predicted octanol–water partition coefficient (Wildman–Crippen LogP) is 5.52. The second-order valence-corrected chi connectivity index (χ2v) is 7.97. The van der Waals surface area contributed by atoms with E-state index >= 15 is 0 Å². The molecule has 1 aliphatic rings. The summed E-state index contributed by atoms with van der Waals surface area (Å²) in [7, 11) is 0. The Labute approximate surface area is 182 Å². The van der Waals surface area contributed by atoms with Crippen molar-refractivity contribution in [1.29, 1.82) is 0 Å². The Morgan fingerprint density at radius 1 is 0.967 bits per heavy atom. The van der Waals surface area contributed by atoms with Crippen molar-refractivity contribution in [2.45, 2.75) is 19.4 Å². The zero-order valence-corrected chi connectivity index (χ0v) is 17.5. The van der Waals surface area contributed by atoms with Gasteiger partial charge in [-0.15, -0.1) is 0 Å². The third-order valence-electron chi connectivity index (χ3n) is 5.33. The predicted molar refractivity (Wildman–Crippen MR) is 122 cm³/mol. The van der Waals surface area contributed by atoms with Gasteiger partial charge in [0.25, 0.3) is 0 Å². The molecule has 1 amide bonds. The lowest BCUT2D eigenvalue weighted by molar-refractivity contribution is -0.120. The molecule has 3 aromatic rings. The Morgan fingerprint density at radius 3 is 2.50 bits per heavy atom. The summed E-state index contributed by atoms with van der Waals surface area (Å²) in [5.41, 5.74) is 4.05. The van der Waals surface area contributed by atoms with E-state index in [0.717, 1.165) is 59.1 Å². The third-order valence-corrected chi connectivity index (χ3v) is 5.56. The molecule has 154 valence electrons. The summed E-state index contributed by atoms with van der Waals surface area (Å²) in [6.07, 6.45) is 1.76. The molecule has 1 aliphatic heterocycles. The van der Waals surface area contributed by atoms with E-state index in [4.69, 9.17) is 16.3 Å². The number of nitrogens with one attached hydrogen (secondary N) is 2. The van der Waals surface area contributed by atoms with Crippen LogP contribution in [0.1, 0.15) is 18.4 Å². The molecule has 2 N–H and O–H groups in total. The van der Waals surface area contributed by atoms with Gasteiger partial charge in [0.2, 0.25) is 5.91 Å². The van der Waals surface area contributed by atoms with Crippen molar-refractivity contribution in [2.75, 3.05) is 18.4 Å². The summed E-state index contributed by atoms with van der Waals surface area (Å²) < 4.78 is 5.94. The van der Waals surface area contributed by atoms with Crippen LogP contribution in [0.4, 0.5) is 5.69 Å². The van der Waals surface area contributed by atoms with Gasteiger partial charge in [-0.25, -0.2) is 0 Å². The van der Waals surface area contributed by atoms with Crippen molar-refractivity contribution < 1.29 is 9.53 Å². The third kappa shape index (κ3) is 5.41. The molecule has 0 radical (unpaired) electrons. The maximum atomic E-state index is 12.4. The molecular weight excluding hydrogens is 396 g/mol. The van der Waals surface area contributed by atoms with E-state index in [2.05, 4.69) is 34.9 Å². The highest BCUT2D eigenvalue weighted by atomic mass is 35.5. The Bertz CT molecular complexity index is 998. The summed E-state index contributed by atoms with van der Waals surface area (Å²) in [6.45, 7) is 2.26. The Hall–Kier alpha value is -2.82. The summed E-state index contributed by atoms with van der Waals surface area (Å²) >= 11 is 6.08. The maximum Gasteiger partial charge on any atom is 0.227 e. The number of piperidine rings is 1. The molecule has 0 aliphatic carbocycles. The molecule has 1 saturated heterocycles. The molecule has 0 bridgehead atoms. The topological polar surface area (TPSA) is 50.4 Å². The lowest BCUT2D eigenvalue weighted by Gasteiger charge is -2.21. The molecule has 30 heavy (non-hydrogen) atoms. The van der Waals surface area contributed by atoms with Gasteiger partial charge in [-0.2, -0.15) is 0 Å². The van der Waals surface area contributed by atoms with E-state index in [1.807, 2.05) is 48.5 Å². The summed E-state index contributed by atoms with van der Waals surface area (Å²) in [4.78, 5) is 12.4. The normalized spacial score (nSPS) is 14.3. The Kier molecular flexibility index (Phi) is 6.67. The number of hydrogen-bond acceptors (Lipinski definition) is 3. The maximum absolute atomic E-state index is 12.4. The van der Waals surface area contributed by atoms with Gasteiger partial charge in [0.15, 0.2) is 0 Å². The molecule has 0 aromatic heterocycles. The summed E-state index contributed by atoms with van der Waals surface area (Å²) in [5.74, 6) is 0.899. The fraction of sp³-hybridized carbons (Fsp3) is 0.240. The first-order chi connectivity index (χ1) is 14.7. The number of ether oxygens (including phenoxy) is 1. The van der Waals surface area contributed by atoms with Crippen LogP contribution in [0.2, 0.25) is 5.02 Å². The minimum Gasteiger partial charge on any atom is -0.489 e. The molecular formula is C25H25ClN2O2. The minimum atomic E-state index is 0.0776. The van der Waals surface area contributed by atoms with Crippen LogP contribution in [0.3, 0.4) is 0 Å². The molecule has 1 fully saturated rings. The lowest BCUT2D eigenvalue weighted by Crippen LogP contribution is -2.34. The largest absolute Gasteiger partial charge is 0.489 e. The molecule has 3 aromatic carbocycles. The molecule has 4 nitrogen and oxygen atoms in total. The second-order valence-electron chi connectivity index (χ2n) is 7.54. The van der Waals surface area contributed by atoms with Gasteiger partial charge in [0.05, 0.1) is 0 Å². The molecule has 1 heterocycles. The highest BCUT2D eigenvalue weighted by Crippen LogP contribution is 2.24. The van der Waals surface area contributed by atoms with Crippen molar-refractivity contribution in [3.05, 3.63) is 83.4 Å². The van der Waals surface area contributed by atoms with Gasteiger partial charge in [-0.3, -0.25) is 4.79 Å². The number of amides is 1. The van der Waals surface area contributed by atoms with E-state index in [0.29, 0.717) is 6.61 Å². The second kappa shape index (κ2) is 9.79. The number of hydrogen-bond donors (Lipinski definition) is 2. The van der Waals surface area contributed by atoms with Crippen molar-refractivity contribution in [3.63, 3.8) is 0 Å². The number of anilines is 1. The zero-order chi connectivity index (χ0) is 20.8. The number of benzene rings is 3. The lowest BCUT2D eigenvalue weighted by atomic mass is 9.97. The van der Waals surface area contributed by atoms with Gasteiger partial charge >= 0.3 is 0 Å². The highest BCUT2D eigenvalue weighted by Gasteiger charge is 2.20. The van der Waals surface area contributed by atoms with Crippen molar-refractivity contribution in [3.8, 4) is 16.9 Å². The molecule has 0 atom stereocenters. The van der Waals surface area contributed by atoms with Crippen LogP contribution < -0.4 is 15.4 Å². The van der Waals surface area contributed by atoms with Crippen LogP contribution in [0.25, 0.3) is 11.1 Å². The van der Waals surface area contributed by atoms with E-state index in [9.17, 15) is 4.79 Å². The fourth-order valence-corrected chi connectivity index (χ4v) is 3.81.